The predicted octanol–water partition coefficient (Wildman–Crippen LogP) is 4.42. The average molecular weight is 477 g/mol. The number of amides is 1. The maximum Gasteiger partial charge on any atom is 0.238 e. The molecule has 8 nitrogen and oxygen atoms in total. The van der Waals surface area contributed by atoms with Crippen molar-refractivity contribution in [2.75, 3.05) is 5.32 Å². The third-order valence-electron chi connectivity index (χ3n) is 5.09. The lowest BCUT2D eigenvalue weighted by atomic mass is 10.1. The minimum absolute atomic E-state index is 0.129. The molecule has 0 fully saturated rings. The Morgan fingerprint density at radius 2 is 1.62 bits per heavy atom. The number of carbonyl (C=O) groups excluding carboxylic acids is 1. The van der Waals surface area contributed by atoms with Crippen LogP contribution >= 0.6 is 0 Å². The second-order valence-electron chi connectivity index (χ2n) is 7.91. The Hall–Kier alpha value is -3.98. The molecule has 9 heteroatoms. The van der Waals surface area contributed by atoms with Gasteiger partial charge in [-0.3, -0.25) is 4.79 Å². The average Bonchev–Trinajstić information content (AvgIpc) is 3.36. The summed E-state index contributed by atoms with van der Waals surface area (Å²) in [6, 6.07) is 20.7. The maximum absolute atomic E-state index is 12.4. The summed E-state index contributed by atoms with van der Waals surface area (Å²) >= 11 is 0. The van der Waals surface area contributed by atoms with Crippen molar-refractivity contribution < 1.29 is 17.9 Å². The molecular weight excluding hydrogens is 452 g/mol. The van der Waals surface area contributed by atoms with Crippen molar-refractivity contribution in [1.29, 1.82) is 0 Å². The van der Waals surface area contributed by atoms with Gasteiger partial charge in [0.1, 0.15) is 5.75 Å². The van der Waals surface area contributed by atoms with Crippen molar-refractivity contribution in [2.45, 2.75) is 30.4 Å². The van der Waals surface area contributed by atoms with Crippen LogP contribution < -0.4 is 10.1 Å². The molecule has 0 radical (unpaired) electrons. The van der Waals surface area contributed by atoms with Crippen LogP contribution in [-0.4, -0.2) is 34.3 Å². The van der Waals surface area contributed by atoms with Gasteiger partial charge in [-0.15, -0.1) is 10.2 Å². The van der Waals surface area contributed by atoms with Gasteiger partial charge in [-0.05, 0) is 74.0 Å². The van der Waals surface area contributed by atoms with E-state index in [9.17, 15) is 13.2 Å². The lowest BCUT2D eigenvalue weighted by molar-refractivity contribution is -0.115. The van der Waals surface area contributed by atoms with E-state index in [1.807, 2.05) is 35.2 Å². The Labute approximate surface area is 198 Å². The van der Waals surface area contributed by atoms with Crippen molar-refractivity contribution in [3.8, 4) is 17.4 Å². The first kappa shape index (κ1) is 23.2. The number of rotatable bonds is 8. The fraction of sp³-hybridized carbons (Fsp3) is 0.160. The van der Waals surface area contributed by atoms with Gasteiger partial charge in [-0.2, -0.15) is 0 Å². The first-order chi connectivity index (χ1) is 16.3. The van der Waals surface area contributed by atoms with Crippen molar-refractivity contribution in [3.05, 3.63) is 90.8 Å². The summed E-state index contributed by atoms with van der Waals surface area (Å²) in [5.41, 5.74) is 1.34. The molecule has 174 valence electrons. The molecule has 1 N–H and O–H groups in total. The van der Waals surface area contributed by atoms with E-state index in [2.05, 4.69) is 15.5 Å². The molecule has 0 atom stereocenters. The molecule has 2 aromatic heterocycles. The Balaban J connectivity index is 1.32. The lowest BCUT2D eigenvalue weighted by Crippen LogP contribution is -2.15. The van der Waals surface area contributed by atoms with Crippen molar-refractivity contribution in [3.63, 3.8) is 0 Å². The molecule has 34 heavy (non-hydrogen) atoms. The Bertz CT molecular complexity index is 1350. The molecule has 0 saturated carbocycles. The molecule has 0 unspecified atom stereocenters. The number of hydrogen-bond donors (Lipinski definition) is 1. The molecule has 1 amide bonds. The van der Waals surface area contributed by atoms with Crippen molar-refractivity contribution >= 4 is 21.4 Å². The van der Waals surface area contributed by atoms with E-state index in [0.29, 0.717) is 23.1 Å². The SMILES string of the molecule is CC(C)S(=O)(=O)c1ccc(CC(=O)Nc2ccc(Oc3ccc(-n4cccc4)nn3)cc2)cc1. The van der Waals surface area contributed by atoms with Crippen LogP contribution in [0.2, 0.25) is 0 Å². The Morgan fingerprint density at radius 1 is 0.941 bits per heavy atom. The van der Waals surface area contributed by atoms with Gasteiger partial charge in [0.05, 0.1) is 16.6 Å². The first-order valence-electron chi connectivity index (χ1n) is 10.7. The second-order valence-corrected chi connectivity index (χ2v) is 10.4. The van der Waals surface area contributed by atoms with E-state index in [0.717, 1.165) is 5.56 Å². The van der Waals surface area contributed by atoms with Crippen LogP contribution in [0.3, 0.4) is 0 Å². The number of ether oxygens (including phenoxy) is 1. The quantitative estimate of drug-likeness (QED) is 0.404. The molecule has 0 spiro atoms. The molecule has 4 aromatic rings. The van der Waals surface area contributed by atoms with Crippen LogP contribution in [-0.2, 0) is 21.1 Å². The number of benzene rings is 2. The first-order valence-corrected chi connectivity index (χ1v) is 12.2. The van der Waals surface area contributed by atoms with Gasteiger partial charge in [-0.1, -0.05) is 12.1 Å². The molecule has 0 aliphatic heterocycles. The van der Waals surface area contributed by atoms with Crippen LogP contribution in [0, 0.1) is 0 Å². The highest BCUT2D eigenvalue weighted by Gasteiger charge is 2.18. The molecule has 0 aliphatic carbocycles. The van der Waals surface area contributed by atoms with Crippen molar-refractivity contribution in [1.82, 2.24) is 14.8 Å². The number of hydrogen-bond acceptors (Lipinski definition) is 6. The highest BCUT2D eigenvalue weighted by atomic mass is 32.2. The molecule has 0 bridgehead atoms. The fourth-order valence-corrected chi connectivity index (χ4v) is 4.24. The summed E-state index contributed by atoms with van der Waals surface area (Å²) in [5, 5.41) is 10.5. The van der Waals surface area contributed by atoms with Crippen LogP contribution in [0.15, 0.2) is 90.1 Å². The zero-order chi connectivity index (χ0) is 24.1. The minimum atomic E-state index is -3.33. The number of nitrogens with zero attached hydrogens (tertiary/aromatic N) is 3. The summed E-state index contributed by atoms with van der Waals surface area (Å²) in [5.74, 6) is 1.39. The topological polar surface area (TPSA) is 103 Å². The van der Waals surface area contributed by atoms with Gasteiger partial charge < -0.3 is 14.6 Å². The largest absolute Gasteiger partial charge is 0.438 e. The Morgan fingerprint density at radius 3 is 2.21 bits per heavy atom. The highest BCUT2D eigenvalue weighted by Crippen LogP contribution is 2.22. The normalized spacial score (nSPS) is 11.4. The van der Waals surface area contributed by atoms with E-state index in [4.69, 9.17) is 4.74 Å². The van der Waals surface area contributed by atoms with E-state index in [1.165, 1.54) is 12.1 Å². The van der Waals surface area contributed by atoms with E-state index in [-0.39, 0.29) is 17.2 Å². The molecule has 0 aliphatic rings. The number of carbonyl (C=O) groups is 1. The zero-order valence-electron chi connectivity index (χ0n) is 18.8. The third kappa shape index (κ3) is 5.49. The van der Waals surface area contributed by atoms with Crippen LogP contribution in [0.1, 0.15) is 19.4 Å². The van der Waals surface area contributed by atoms with Crippen LogP contribution in [0.25, 0.3) is 5.82 Å². The van der Waals surface area contributed by atoms with Gasteiger partial charge in [0, 0.05) is 24.1 Å². The van der Waals surface area contributed by atoms with Gasteiger partial charge in [0.25, 0.3) is 0 Å². The summed E-state index contributed by atoms with van der Waals surface area (Å²) in [7, 11) is -3.33. The smallest absolute Gasteiger partial charge is 0.238 e. The fourth-order valence-electron chi connectivity index (χ4n) is 3.18. The van der Waals surface area contributed by atoms with Crippen molar-refractivity contribution in [2.24, 2.45) is 0 Å². The molecule has 0 saturated heterocycles. The summed E-state index contributed by atoms with van der Waals surface area (Å²) < 4.78 is 32.0. The maximum atomic E-state index is 12.4. The highest BCUT2D eigenvalue weighted by molar-refractivity contribution is 7.92. The minimum Gasteiger partial charge on any atom is -0.438 e. The van der Waals surface area contributed by atoms with E-state index in [1.54, 1.807) is 56.3 Å². The Kier molecular flexibility index (Phi) is 6.74. The van der Waals surface area contributed by atoms with Gasteiger partial charge in [0.15, 0.2) is 15.7 Å². The number of anilines is 1. The molecular formula is C25H24N4O4S. The standard InChI is InChI=1S/C25H24N4O4S/c1-18(2)34(31,32)22-11-5-19(6-12-22)17-24(30)26-20-7-9-21(10-8-20)33-25-14-13-23(27-28-25)29-15-3-4-16-29/h3-16,18H,17H2,1-2H3,(H,26,30). The molecule has 2 heterocycles. The van der Waals surface area contributed by atoms with Gasteiger partial charge in [-0.25, -0.2) is 8.42 Å². The predicted molar refractivity (Wildman–Crippen MR) is 129 cm³/mol. The lowest BCUT2D eigenvalue weighted by Gasteiger charge is -2.09. The zero-order valence-corrected chi connectivity index (χ0v) is 19.6. The molecule has 4 rings (SSSR count). The van der Waals surface area contributed by atoms with Gasteiger partial charge in [0.2, 0.25) is 11.8 Å². The number of sulfone groups is 1. The monoisotopic (exact) mass is 476 g/mol. The summed E-state index contributed by atoms with van der Waals surface area (Å²) in [6.07, 6.45) is 3.89. The molecule has 2 aromatic carbocycles. The van der Waals surface area contributed by atoms with Crippen LogP contribution in [0.5, 0.6) is 11.6 Å². The number of aromatic nitrogens is 3. The summed E-state index contributed by atoms with van der Waals surface area (Å²) in [6.45, 7) is 3.28. The number of nitrogens with one attached hydrogen (secondary N) is 1. The van der Waals surface area contributed by atoms with E-state index < -0.39 is 15.1 Å². The van der Waals surface area contributed by atoms with Gasteiger partial charge >= 0.3 is 0 Å². The van der Waals surface area contributed by atoms with E-state index >= 15 is 0 Å². The van der Waals surface area contributed by atoms with Crippen LogP contribution in [0.4, 0.5) is 5.69 Å². The second kappa shape index (κ2) is 9.88. The summed E-state index contributed by atoms with van der Waals surface area (Å²) in [4.78, 5) is 12.7. The third-order valence-corrected chi connectivity index (χ3v) is 7.26.